The van der Waals surface area contributed by atoms with Gasteiger partial charge in [-0.25, -0.2) is 9.18 Å². The molecule has 0 spiro atoms. The average molecular weight is 332 g/mol. The summed E-state index contributed by atoms with van der Waals surface area (Å²) in [6.45, 7) is 8.54. The van der Waals surface area contributed by atoms with E-state index >= 15 is 0 Å². The molecule has 24 heavy (non-hydrogen) atoms. The average Bonchev–Trinajstić information content (AvgIpc) is 3.02. The molecular weight excluding hydrogens is 307 g/mol. The van der Waals surface area contributed by atoms with Crippen LogP contribution in [0.25, 0.3) is 10.9 Å². The van der Waals surface area contributed by atoms with Crippen molar-refractivity contribution in [1.29, 1.82) is 0 Å². The Morgan fingerprint density at radius 1 is 1.42 bits per heavy atom. The van der Waals surface area contributed by atoms with Crippen molar-refractivity contribution in [1.82, 2.24) is 9.88 Å². The normalized spacial score (nSPS) is 21.5. The molecule has 1 N–H and O–H groups in total. The zero-order valence-corrected chi connectivity index (χ0v) is 14.7. The number of fused-ring (bicyclic) bond motifs is 1. The predicted molar refractivity (Wildman–Crippen MR) is 92.5 cm³/mol. The third-order valence-corrected chi connectivity index (χ3v) is 4.67. The number of nitrogens with one attached hydrogen (secondary N) is 1. The van der Waals surface area contributed by atoms with E-state index in [0.29, 0.717) is 5.92 Å². The molecule has 1 amide bonds. The summed E-state index contributed by atoms with van der Waals surface area (Å²) in [5.41, 5.74) is 1.41. The van der Waals surface area contributed by atoms with Crippen LogP contribution in [0.4, 0.5) is 9.18 Å². The van der Waals surface area contributed by atoms with Crippen molar-refractivity contribution in [2.45, 2.75) is 52.2 Å². The first-order valence-electron chi connectivity index (χ1n) is 8.50. The summed E-state index contributed by atoms with van der Waals surface area (Å²) in [7, 11) is 0. The van der Waals surface area contributed by atoms with E-state index in [1.807, 2.05) is 31.9 Å². The van der Waals surface area contributed by atoms with Gasteiger partial charge in [-0.1, -0.05) is 6.92 Å². The number of hydrogen-bond acceptors (Lipinski definition) is 2. The molecule has 3 rings (SSSR count). The number of aromatic nitrogens is 1. The van der Waals surface area contributed by atoms with Gasteiger partial charge in [-0.3, -0.25) is 0 Å². The van der Waals surface area contributed by atoms with E-state index in [1.165, 1.54) is 12.1 Å². The van der Waals surface area contributed by atoms with Gasteiger partial charge in [0.05, 0.1) is 0 Å². The van der Waals surface area contributed by atoms with Crippen LogP contribution in [-0.4, -0.2) is 34.2 Å². The summed E-state index contributed by atoms with van der Waals surface area (Å²) in [6.07, 6.45) is 3.39. The lowest BCUT2D eigenvalue weighted by atomic mass is 9.95. The van der Waals surface area contributed by atoms with Crippen molar-refractivity contribution < 1.29 is 13.9 Å². The van der Waals surface area contributed by atoms with Crippen LogP contribution in [0.5, 0.6) is 0 Å². The molecule has 1 fully saturated rings. The molecule has 0 bridgehead atoms. The number of aromatic amines is 1. The summed E-state index contributed by atoms with van der Waals surface area (Å²) in [5.74, 6) is 0.156. The third-order valence-electron chi connectivity index (χ3n) is 4.67. The maximum absolute atomic E-state index is 13.3. The van der Waals surface area contributed by atoms with E-state index in [-0.39, 0.29) is 18.0 Å². The molecule has 1 unspecified atom stereocenters. The minimum absolute atomic E-state index is 0.101. The lowest BCUT2D eigenvalue weighted by molar-refractivity contribution is 0.0211. The molecule has 5 heteroatoms. The van der Waals surface area contributed by atoms with E-state index < -0.39 is 5.60 Å². The lowest BCUT2D eigenvalue weighted by Crippen LogP contribution is -2.42. The number of rotatable bonds is 2. The number of carbonyl (C=O) groups excluding carboxylic acids is 1. The fraction of sp³-hybridized carbons (Fsp3) is 0.526. The summed E-state index contributed by atoms with van der Waals surface area (Å²) < 4.78 is 18.9. The summed E-state index contributed by atoms with van der Waals surface area (Å²) in [6, 6.07) is 4.88. The molecule has 2 heterocycles. The highest BCUT2D eigenvalue weighted by atomic mass is 19.1. The summed E-state index contributed by atoms with van der Waals surface area (Å²) in [4.78, 5) is 17.5. The second-order valence-corrected chi connectivity index (χ2v) is 7.71. The van der Waals surface area contributed by atoms with Crippen LogP contribution in [0.15, 0.2) is 24.4 Å². The van der Waals surface area contributed by atoms with Crippen molar-refractivity contribution in [3.05, 3.63) is 35.8 Å². The molecule has 0 saturated carbocycles. The van der Waals surface area contributed by atoms with Crippen LogP contribution in [0.1, 0.15) is 39.7 Å². The van der Waals surface area contributed by atoms with Crippen LogP contribution in [0.2, 0.25) is 0 Å². The maximum atomic E-state index is 13.3. The van der Waals surface area contributed by atoms with Gasteiger partial charge in [0.15, 0.2) is 0 Å². The highest BCUT2D eigenvalue weighted by molar-refractivity contribution is 5.83. The maximum Gasteiger partial charge on any atom is 0.410 e. The lowest BCUT2D eigenvalue weighted by Gasteiger charge is -2.30. The Balaban J connectivity index is 1.82. The van der Waals surface area contributed by atoms with Crippen LogP contribution in [0, 0.1) is 11.7 Å². The largest absolute Gasteiger partial charge is 0.444 e. The number of amides is 1. The van der Waals surface area contributed by atoms with Gasteiger partial charge in [0, 0.05) is 29.7 Å². The van der Waals surface area contributed by atoms with E-state index in [2.05, 4.69) is 11.9 Å². The molecule has 4 nitrogen and oxygen atoms in total. The highest BCUT2D eigenvalue weighted by Crippen LogP contribution is 2.30. The Hall–Kier alpha value is -2.04. The molecule has 1 aromatic carbocycles. The highest BCUT2D eigenvalue weighted by Gasteiger charge is 2.37. The zero-order valence-electron chi connectivity index (χ0n) is 14.7. The number of ether oxygens (including phenoxy) is 1. The predicted octanol–water partition coefficient (Wildman–Crippen LogP) is 4.50. The summed E-state index contributed by atoms with van der Waals surface area (Å²) in [5, 5.41) is 1.01. The second-order valence-electron chi connectivity index (χ2n) is 7.71. The molecule has 0 radical (unpaired) electrons. The van der Waals surface area contributed by atoms with Gasteiger partial charge in [0.25, 0.3) is 0 Å². The second kappa shape index (κ2) is 6.11. The van der Waals surface area contributed by atoms with Gasteiger partial charge in [0.2, 0.25) is 0 Å². The molecule has 2 aromatic rings. The van der Waals surface area contributed by atoms with Crippen molar-refractivity contribution in [2.75, 3.05) is 6.54 Å². The van der Waals surface area contributed by atoms with Gasteiger partial charge in [-0.05, 0) is 63.3 Å². The monoisotopic (exact) mass is 332 g/mol. The Labute approximate surface area is 142 Å². The molecule has 1 aliphatic heterocycles. The van der Waals surface area contributed by atoms with Gasteiger partial charge < -0.3 is 14.6 Å². The molecule has 1 aromatic heterocycles. The zero-order chi connectivity index (χ0) is 17.5. The Kier molecular flexibility index (Phi) is 4.28. The minimum atomic E-state index is -0.494. The Morgan fingerprint density at radius 2 is 2.17 bits per heavy atom. The third kappa shape index (κ3) is 3.40. The van der Waals surface area contributed by atoms with Crippen molar-refractivity contribution in [3.63, 3.8) is 0 Å². The number of benzene rings is 1. The molecule has 2 atom stereocenters. The summed E-state index contributed by atoms with van der Waals surface area (Å²) >= 11 is 0. The van der Waals surface area contributed by atoms with Crippen molar-refractivity contribution in [2.24, 2.45) is 5.92 Å². The first-order valence-corrected chi connectivity index (χ1v) is 8.50. The number of nitrogens with zero attached hydrogens (tertiary/aromatic N) is 1. The van der Waals surface area contributed by atoms with Gasteiger partial charge in [-0.15, -0.1) is 0 Å². The Bertz CT molecular complexity index is 747. The standard InChI is InChI=1S/C19H25FN2O2/c1-12-7-8-22(18(23)24-19(2,3)4)17(12)9-13-11-21-16-10-14(20)5-6-15(13)16/h5-6,10-12,17,21H,7-9H2,1-4H3/t12-,17?/m0/s1. The fourth-order valence-electron chi connectivity index (χ4n) is 3.42. The number of halogens is 1. The number of carbonyl (C=O) groups is 1. The van der Waals surface area contributed by atoms with Crippen LogP contribution in [0.3, 0.4) is 0 Å². The molecule has 0 aliphatic carbocycles. The number of hydrogen-bond donors (Lipinski definition) is 1. The number of likely N-dealkylation sites (tertiary alicyclic amines) is 1. The van der Waals surface area contributed by atoms with Crippen LogP contribution in [-0.2, 0) is 11.2 Å². The van der Waals surface area contributed by atoms with E-state index in [1.54, 1.807) is 6.07 Å². The van der Waals surface area contributed by atoms with Gasteiger partial charge in [0.1, 0.15) is 11.4 Å². The number of H-pyrrole nitrogens is 1. The smallest absolute Gasteiger partial charge is 0.410 e. The fourth-order valence-corrected chi connectivity index (χ4v) is 3.42. The quantitative estimate of drug-likeness (QED) is 0.880. The van der Waals surface area contributed by atoms with E-state index in [9.17, 15) is 9.18 Å². The molecule has 130 valence electrons. The van der Waals surface area contributed by atoms with Crippen molar-refractivity contribution >= 4 is 17.0 Å². The van der Waals surface area contributed by atoms with Crippen molar-refractivity contribution in [3.8, 4) is 0 Å². The molecule has 1 saturated heterocycles. The van der Waals surface area contributed by atoms with Crippen LogP contribution < -0.4 is 0 Å². The topological polar surface area (TPSA) is 45.3 Å². The van der Waals surface area contributed by atoms with Gasteiger partial charge >= 0.3 is 6.09 Å². The van der Waals surface area contributed by atoms with E-state index in [4.69, 9.17) is 4.74 Å². The first kappa shape index (κ1) is 16.8. The minimum Gasteiger partial charge on any atom is -0.444 e. The first-order chi connectivity index (χ1) is 11.2. The van der Waals surface area contributed by atoms with Gasteiger partial charge in [-0.2, -0.15) is 0 Å². The molecular formula is C19H25FN2O2. The van der Waals surface area contributed by atoms with E-state index in [0.717, 1.165) is 35.9 Å². The molecule has 1 aliphatic rings. The SMILES string of the molecule is C[C@H]1CCN(C(=O)OC(C)(C)C)C1Cc1c[nH]c2cc(F)ccc12. The Morgan fingerprint density at radius 3 is 2.88 bits per heavy atom. The van der Waals surface area contributed by atoms with Crippen LogP contribution >= 0.6 is 0 Å².